The van der Waals surface area contributed by atoms with Gasteiger partial charge in [0.1, 0.15) is 0 Å². The Morgan fingerprint density at radius 3 is 2.68 bits per heavy atom. The molecule has 0 aliphatic rings. The Balaban J connectivity index is 2.56. The van der Waals surface area contributed by atoms with Crippen LogP contribution in [0.15, 0.2) is 52.1 Å². The second-order valence-electron chi connectivity index (χ2n) is 5.05. The van der Waals surface area contributed by atoms with E-state index in [4.69, 9.17) is 9.84 Å². The number of ether oxygens (including phenoxy) is 1. The molecule has 0 bridgehead atoms. The van der Waals surface area contributed by atoms with Crippen molar-refractivity contribution in [1.29, 1.82) is 0 Å². The minimum absolute atomic E-state index is 0.0818. The molecule has 1 rings (SSSR count). The lowest BCUT2D eigenvalue weighted by Crippen LogP contribution is -2.39. The minimum Gasteiger partial charge on any atom is -0.465 e. The summed E-state index contributed by atoms with van der Waals surface area (Å²) in [6.07, 6.45) is 2.89. The second-order valence-corrected chi connectivity index (χ2v) is 5.77. The van der Waals surface area contributed by atoms with E-state index in [9.17, 15) is 4.79 Å². The first-order valence-corrected chi connectivity index (χ1v) is 8.33. The van der Waals surface area contributed by atoms with E-state index in [0.29, 0.717) is 13.2 Å². The molecule has 0 aliphatic carbocycles. The van der Waals surface area contributed by atoms with Crippen LogP contribution >= 0.6 is 22.6 Å². The van der Waals surface area contributed by atoms with Gasteiger partial charge in [-0.15, -0.1) is 0 Å². The lowest BCUT2D eigenvalue weighted by molar-refractivity contribution is 0.147. The minimum atomic E-state index is -1.02. The first kappa shape index (κ1) is 18.7. The molecule has 0 aromatic heterocycles. The van der Waals surface area contributed by atoms with Crippen molar-refractivity contribution in [2.75, 3.05) is 6.61 Å². The molecule has 0 aliphatic heterocycles. The van der Waals surface area contributed by atoms with Crippen molar-refractivity contribution >= 4 is 28.7 Å². The molecule has 22 heavy (non-hydrogen) atoms. The number of rotatable bonds is 8. The molecule has 0 heterocycles. The smallest absolute Gasteiger partial charge is 0.405 e. The molecule has 0 saturated carbocycles. The van der Waals surface area contributed by atoms with Crippen LogP contribution in [0.5, 0.6) is 0 Å². The highest BCUT2D eigenvalue weighted by Gasteiger charge is 2.18. The average Bonchev–Trinajstić information content (AvgIpc) is 2.50. The maximum atomic E-state index is 10.9. The van der Waals surface area contributed by atoms with Gasteiger partial charge in [-0.1, -0.05) is 77.6 Å². The maximum Gasteiger partial charge on any atom is 0.405 e. The zero-order valence-electron chi connectivity index (χ0n) is 12.8. The van der Waals surface area contributed by atoms with Gasteiger partial charge in [0.25, 0.3) is 0 Å². The van der Waals surface area contributed by atoms with Crippen LogP contribution in [0.3, 0.4) is 0 Å². The van der Waals surface area contributed by atoms with Crippen molar-refractivity contribution in [3.05, 3.63) is 57.7 Å². The van der Waals surface area contributed by atoms with E-state index < -0.39 is 6.09 Å². The lowest BCUT2D eigenvalue weighted by atomic mass is 9.95. The van der Waals surface area contributed by atoms with Crippen LogP contribution in [-0.4, -0.2) is 23.8 Å². The number of halogens is 1. The summed E-state index contributed by atoms with van der Waals surface area (Å²) in [5.41, 5.74) is 2.08. The van der Waals surface area contributed by atoms with Crippen LogP contribution in [0.4, 0.5) is 4.79 Å². The van der Waals surface area contributed by atoms with Crippen molar-refractivity contribution in [3.63, 3.8) is 0 Å². The number of amides is 1. The summed E-state index contributed by atoms with van der Waals surface area (Å²) in [4.78, 5) is 10.9. The molecule has 0 saturated heterocycles. The first-order valence-electron chi connectivity index (χ1n) is 7.09. The van der Waals surface area contributed by atoms with E-state index in [2.05, 4.69) is 27.9 Å². The fraction of sp³-hybridized carbons (Fsp3) is 0.353. The van der Waals surface area contributed by atoms with Gasteiger partial charge in [-0.2, -0.15) is 0 Å². The Morgan fingerprint density at radius 2 is 2.09 bits per heavy atom. The average molecular weight is 415 g/mol. The van der Waals surface area contributed by atoms with E-state index in [1.54, 1.807) is 0 Å². The Morgan fingerprint density at radius 1 is 1.41 bits per heavy atom. The van der Waals surface area contributed by atoms with Crippen molar-refractivity contribution in [3.8, 4) is 0 Å². The molecule has 2 N–H and O–H groups in total. The Hall–Kier alpha value is -1.34. The van der Waals surface area contributed by atoms with E-state index >= 15 is 0 Å². The number of benzene rings is 1. The number of nitrogens with one attached hydrogen (secondary N) is 1. The number of hydrogen-bond acceptors (Lipinski definition) is 2. The standard InChI is InChI=1S/C17H22INO3/c1-13(8-10-18)16(19-17(20)21)14(2)9-11-22-12-15-6-4-3-5-7-15/h3-10,13,16,19H,11-12H2,1-2H3,(H,20,21)/b10-8+,14-9+/t13-,16-/m0/s1. The molecular formula is C17H22INO3. The van der Waals surface area contributed by atoms with Gasteiger partial charge in [0, 0.05) is 0 Å². The molecule has 120 valence electrons. The van der Waals surface area contributed by atoms with Crippen LogP contribution in [0, 0.1) is 5.92 Å². The Kier molecular flexibility index (Phi) is 8.84. The van der Waals surface area contributed by atoms with Gasteiger partial charge >= 0.3 is 6.09 Å². The van der Waals surface area contributed by atoms with Crippen LogP contribution in [0.1, 0.15) is 19.4 Å². The SMILES string of the molecule is C/C(=C\COCc1ccccc1)[C@@H](NC(=O)O)[C@@H](C)/C=C/I. The first-order chi connectivity index (χ1) is 10.5. The highest BCUT2D eigenvalue weighted by Crippen LogP contribution is 2.15. The third-order valence-corrected chi connectivity index (χ3v) is 3.72. The lowest BCUT2D eigenvalue weighted by Gasteiger charge is -2.22. The summed E-state index contributed by atoms with van der Waals surface area (Å²) in [6.45, 7) is 4.91. The van der Waals surface area contributed by atoms with Gasteiger partial charge in [0.15, 0.2) is 0 Å². The molecule has 0 spiro atoms. The van der Waals surface area contributed by atoms with E-state index in [1.807, 2.05) is 60.4 Å². The molecule has 1 aromatic carbocycles. The zero-order chi connectivity index (χ0) is 16.4. The summed E-state index contributed by atoms with van der Waals surface area (Å²) < 4.78 is 7.52. The highest BCUT2D eigenvalue weighted by molar-refractivity contribution is 14.1. The van der Waals surface area contributed by atoms with E-state index in [0.717, 1.165) is 11.1 Å². The number of hydrogen-bond donors (Lipinski definition) is 2. The van der Waals surface area contributed by atoms with Gasteiger partial charge in [-0.05, 0) is 22.5 Å². The molecule has 0 fully saturated rings. The summed E-state index contributed by atoms with van der Waals surface area (Å²) >= 11 is 2.13. The van der Waals surface area contributed by atoms with Crippen molar-refractivity contribution < 1.29 is 14.6 Å². The van der Waals surface area contributed by atoms with E-state index in [1.165, 1.54) is 0 Å². The largest absolute Gasteiger partial charge is 0.465 e. The predicted octanol–water partition coefficient (Wildman–Crippen LogP) is 4.37. The topological polar surface area (TPSA) is 58.6 Å². The van der Waals surface area contributed by atoms with Gasteiger partial charge in [-0.3, -0.25) is 0 Å². The molecule has 0 unspecified atom stereocenters. The highest BCUT2D eigenvalue weighted by atomic mass is 127. The summed E-state index contributed by atoms with van der Waals surface area (Å²) in [5, 5.41) is 11.5. The fourth-order valence-electron chi connectivity index (χ4n) is 2.09. The summed E-state index contributed by atoms with van der Waals surface area (Å²) in [5.74, 6) is 0.0818. The molecule has 4 nitrogen and oxygen atoms in total. The maximum absolute atomic E-state index is 10.9. The van der Waals surface area contributed by atoms with Crippen LogP contribution in [0.2, 0.25) is 0 Å². The third kappa shape index (κ3) is 7.09. The van der Waals surface area contributed by atoms with Crippen molar-refractivity contribution in [1.82, 2.24) is 5.32 Å². The molecule has 1 aromatic rings. The van der Waals surface area contributed by atoms with Crippen molar-refractivity contribution in [2.45, 2.75) is 26.5 Å². The third-order valence-electron chi connectivity index (χ3n) is 3.31. The number of carbonyl (C=O) groups is 1. The monoisotopic (exact) mass is 415 g/mol. The van der Waals surface area contributed by atoms with Crippen LogP contribution < -0.4 is 5.32 Å². The van der Waals surface area contributed by atoms with Crippen molar-refractivity contribution in [2.24, 2.45) is 5.92 Å². The molecule has 1 amide bonds. The molecule has 5 heteroatoms. The molecular weight excluding hydrogens is 393 g/mol. The van der Waals surface area contributed by atoms with Gasteiger partial charge in [0.05, 0.1) is 19.3 Å². The fourth-order valence-corrected chi connectivity index (χ4v) is 2.74. The quantitative estimate of drug-likeness (QED) is 0.377. The molecule has 2 atom stereocenters. The van der Waals surface area contributed by atoms with Crippen LogP contribution in [-0.2, 0) is 11.3 Å². The van der Waals surface area contributed by atoms with E-state index in [-0.39, 0.29) is 12.0 Å². The van der Waals surface area contributed by atoms with Gasteiger partial charge in [0.2, 0.25) is 0 Å². The van der Waals surface area contributed by atoms with Gasteiger partial charge in [-0.25, -0.2) is 4.79 Å². The number of carboxylic acid groups (broad SMARTS) is 1. The Bertz CT molecular complexity index is 514. The Labute approximate surface area is 145 Å². The van der Waals surface area contributed by atoms with Crippen LogP contribution in [0.25, 0.3) is 0 Å². The summed E-state index contributed by atoms with van der Waals surface area (Å²) in [7, 11) is 0. The molecule has 0 radical (unpaired) electrons. The zero-order valence-corrected chi connectivity index (χ0v) is 15.0. The van der Waals surface area contributed by atoms with Gasteiger partial charge < -0.3 is 15.2 Å². The summed E-state index contributed by atoms with van der Waals surface area (Å²) in [6, 6.07) is 9.70. The predicted molar refractivity (Wildman–Crippen MR) is 97.1 cm³/mol. The second kappa shape index (κ2) is 10.4. The normalized spacial score (nSPS) is 14.8.